The molecule has 3 heteroatoms. The first kappa shape index (κ1) is 17.7. The third-order valence-electron chi connectivity index (χ3n) is 3.47. The van der Waals surface area contributed by atoms with Gasteiger partial charge in [0.1, 0.15) is 12.4 Å². The van der Waals surface area contributed by atoms with E-state index >= 15 is 0 Å². The monoisotopic (exact) mass is 292 g/mol. The van der Waals surface area contributed by atoms with Crippen LogP contribution in [0.2, 0.25) is 0 Å². The maximum atomic E-state index is 11.5. The number of ketones is 1. The summed E-state index contributed by atoms with van der Waals surface area (Å²) in [6.45, 7) is 6.91. The zero-order valence-corrected chi connectivity index (χ0v) is 13.6. The van der Waals surface area contributed by atoms with Gasteiger partial charge >= 0.3 is 0 Å². The number of ether oxygens (including phenoxy) is 2. The second-order valence-electron chi connectivity index (χ2n) is 5.43. The Morgan fingerprint density at radius 2 is 1.90 bits per heavy atom. The first-order valence-electron chi connectivity index (χ1n) is 7.99. The molecule has 1 rings (SSSR count). The third-order valence-corrected chi connectivity index (χ3v) is 3.47. The number of para-hydroxylation sites is 1. The predicted octanol–water partition coefficient (Wildman–Crippen LogP) is 4.64. The van der Waals surface area contributed by atoms with Gasteiger partial charge in [-0.1, -0.05) is 44.7 Å². The highest BCUT2D eigenvalue weighted by molar-refractivity contribution is 5.96. The third kappa shape index (κ3) is 7.28. The van der Waals surface area contributed by atoms with E-state index in [2.05, 4.69) is 13.8 Å². The molecule has 1 unspecified atom stereocenters. The van der Waals surface area contributed by atoms with Gasteiger partial charge in [0.15, 0.2) is 5.78 Å². The Hall–Kier alpha value is -1.35. The summed E-state index contributed by atoms with van der Waals surface area (Å²) < 4.78 is 11.4. The van der Waals surface area contributed by atoms with Crippen molar-refractivity contribution in [3.05, 3.63) is 29.8 Å². The predicted molar refractivity (Wildman–Crippen MR) is 86.1 cm³/mol. The van der Waals surface area contributed by atoms with Crippen molar-refractivity contribution in [1.82, 2.24) is 0 Å². The fourth-order valence-electron chi connectivity index (χ4n) is 2.23. The summed E-state index contributed by atoms with van der Waals surface area (Å²) in [6.07, 6.45) is 6.45. The van der Waals surface area contributed by atoms with E-state index in [1.807, 2.05) is 18.2 Å². The molecule has 0 heterocycles. The van der Waals surface area contributed by atoms with Gasteiger partial charge in [0.05, 0.1) is 18.3 Å². The van der Waals surface area contributed by atoms with Gasteiger partial charge in [-0.2, -0.15) is 0 Å². The molecule has 0 bridgehead atoms. The normalized spacial score (nSPS) is 12.1. The lowest BCUT2D eigenvalue weighted by Crippen LogP contribution is -2.15. The molecule has 21 heavy (non-hydrogen) atoms. The fourth-order valence-corrected chi connectivity index (χ4v) is 2.23. The first-order valence-corrected chi connectivity index (χ1v) is 7.99. The van der Waals surface area contributed by atoms with Gasteiger partial charge in [-0.15, -0.1) is 0 Å². The molecule has 3 nitrogen and oxygen atoms in total. The number of hydrogen-bond acceptors (Lipinski definition) is 3. The zero-order chi connectivity index (χ0) is 15.5. The second kappa shape index (κ2) is 10.4. The minimum absolute atomic E-state index is 0.0239. The minimum Gasteiger partial charge on any atom is -0.490 e. The molecule has 0 aliphatic heterocycles. The van der Waals surface area contributed by atoms with E-state index in [1.165, 1.54) is 25.7 Å². The van der Waals surface area contributed by atoms with Gasteiger partial charge in [-0.25, -0.2) is 0 Å². The van der Waals surface area contributed by atoms with Gasteiger partial charge < -0.3 is 9.47 Å². The Kier molecular flexibility index (Phi) is 8.76. The summed E-state index contributed by atoms with van der Waals surface area (Å²) in [6, 6.07) is 7.33. The molecule has 0 amide bonds. The smallest absolute Gasteiger partial charge is 0.163 e. The number of benzene rings is 1. The van der Waals surface area contributed by atoms with Crippen molar-refractivity contribution in [2.75, 3.05) is 13.2 Å². The molecular formula is C18H28O3. The molecule has 0 aliphatic carbocycles. The number of hydrogen-bond donors (Lipinski definition) is 0. The summed E-state index contributed by atoms with van der Waals surface area (Å²) in [5.74, 6) is 0.667. The molecule has 118 valence electrons. The van der Waals surface area contributed by atoms with Crippen molar-refractivity contribution >= 4 is 5.78 Å². The van der Waals surface area contributed by atoms with Gasteiger partial charge in [0.25, 0.3) is 0 Å². The van der Waals surface area contributed by atoms with E-state index in [4.69, 9.17) is 9.47 Å². The minimum atomic E-state index is 0.0239. The van der Waals surface area contributed by atoms with Crippen LogP contribution >= 0.6 is 0 Å². The van der Waals surface area contributed by atoms with E-state index in [-0.39, 0.29) is 11.9 Å². The number of carbonyl (C=O) groups excluding carboxylic acids is 1. The Morgan fingerprint density at radius 3 is 2.62 bits per heavy atom. The molecule has 0 fully saturated rings. The quantitative estimate of drug-likeness (QED) is 0.440. The summed E-state index contributed by atoms with van der Waals surface area (Å²) in [7, 11) is 0. The maximum absolute atomic E-state index is 11.5. The highest BCUT2D eigenvalue weighted by Crippen LogP contribution is 2.18. The van der Waals surface area contributed by atoms with Crippen LogP contribution in [0, 0.1) is 0 Å². The van der Waals surface area contributed by atoms with Crippen LogP contribution in [0.1, 0.15) is 63.2 Å². The summed E-state index contributed by atoms with van der Waals surface area (Å²) in [5, 5.41) is 0. The molecule has 0 saturated heterocycles. The molecule has 0 spiro atoms. The molecule has 0 N–H and O–H groups in total. The Bertz CT molecular complexity index is 415. The van der Waals surface area contributed by atoms with Crippen molar-refractivity contribution in [3.8, 4) is 5.75 Å². The lowest BCUT2D eigenvalue weighted by Gasteiger charge is -2.14. The molecule has 0 radical (unpaired) electrons. The highest BCUT2D eigenvalue weighted by atomic mass is 16.5. The molecule has 1 atom stereocenters. The molecule has 1 aromatic carbocycles. The number of Topliss-reactive ketones (excluding diaryl/α,β-unsaturated/α-hetero) is 1. The van der Waals surface area contributed by atoms with Crippen molar-refractivity contribution in [2.45, 2.75) is 59.0 Å². The van der Waals surface area contributed by atoms with Gasteiger partial charge in [-0.05, 0) is 32.4 Å². The van der Waals surface area contributed by atoms with Crippen LogP contribution in [0.4, 0.5) is 0 Å². The Morgan fingerprint density at radius 1 is 1.14 bits per heavy atom. The molecular weight excluding hydrogens is 264 g/mol. The molecule has 0 aliphatic rings. The largest absolute Gasteiger partial charge is 0.490 e. The van der Waals surface area contributed by atoms with Crippen molar-refractivity contribution < 1.29 is 14.3 Å². The van der Waals surface area contributed by atoms with Crippen LogP contribution in [-0.2, 0) is 4.74 Å². The van der Waals surface area contributed by atoms with Gasteiger partial charge in [0.2, 0.25) is 0 Å². The SMILES string of the molecule is CCCCCCC(C)OCCOc1ccccc1C(C)=O. The molecule has 1 aromatic rings. The van der Waals surface area contributed by atoms with Crippen LogP contribution in [0.3, 0.4) is 0 Å². The van der Waals surface area contributed by atoms with Crippen LogP contribution < -0.4 is 4.74 Å². The van der Waals surface area contributed by atoms with Crippen LogP contribution in [-0.4, -0.2) is 25.1 Å². The standard InChI is InChI=1S/C18H28O3/c1-4-5-6-7-10-15(2)20-13-14-21-18-12-9-8-11-17(18)16(3)19/h8-9,11-12,15H,4-7,10,13-14H2,1-3H3. The van der Waals surface area contributed by atoms with E-state index in [0.717, 1.165) is 6.42 Å². The lowest BCUT2D eigenvalue weighted by molar-refractivity contribution is 0.0382. The van der Waals surface area contributed by atoms with E-state index in [9.17, 15) is 4.79 Å². The van der Waals surface area contributed by atoms with Crippen molar-refractivity contribution in [2.24, 2.45) is 0 Å². The zero-order valence-electron chi connectivity index (χ0n) is 13.6. The summed E-state index contributed by atoms with van der Waals surface area (Å²) in [4.78, 5) is 11.5. The number of unbranched alkanes of at least 4 members (excludes halogenated alkanes) is 3. The number of carbonyl (C=O) groups is 1. The highest BCUT2D eigenvalue weighted by Gasteiger charge is 2.07. The fraction of sp³-hybridized carbons (Fsp3) is 0.611. The summed E-state index contributed by atoms with van der Waals surface area (Å²) in [5.41, 5.74) is 0.630. The van der Waals surface area contributed by atoms with Crippen LogP contribution in [0.25, 0.3) is 0 Å². The average molecular weight is 292 g/mol. The lowest BCUT2D eigenvalue weighted by atomic mass is 10.1. The topological polar surface area (TPSA) is 35.5 Å². The van der Waals surface area contributed by atoms with Crippen LogP contribution in [0.15, 0.2) is 24.3 Å². The Balaban J connectivity index is 2.21. The maximum Gasteiger partial charge on any atom is 0.163 e. The van der Waals surface area contributed by atoms with Crippen molar-refractivity contribution in [1.29, 1.82) is 0 Å². The first-order chi connectivity index (χ1) is 10.1. The van der Waals surface area contributed by atoms with Crippen LogP contribution in [0.5, 0.6) is 5.75 Å². The van der Waals surface area contributed by atoms with Gasteiger partial charge in [-0.3, -0.25) is 4.79 Å². The summed E-state index contributed by atoms with van der Waals surface area (Å²) >= 11 is 0. The Labute approximate surface area is 128 Å². The van der Waals surface area contributed by atoms with Gasteiger partial charge in [0, 0.05) is 0 Å². The van der Waals surface area contributed by atoms with Crippen molar-refractivity contribution in [3.63, 3.8) is 0 Å². The van der Waals surface area contributed by atoms with E-state index < -0.39 is 0 Å². The molecule has 0 saturated carbocycles. The second-order valence-corrected chi connectivity index (χ2v) is 5.43. The molecule has 0 aromatic heterocycles. The average Bonchev–Trinajstić information content (AvgIpc) is 2.48. The number of rotatable bonds is 11. The van der Waals surface area contributed by atoms with E-state index in [1.54, 1.807) is 13.0 Å². The van der Waals surface area contributed by atoms with E-state index in [0.29, 0.717) is 24.5 Å².